The summed E-state index contributed by atoms with van der Waals surface area (Å²) in [6.45, 7) is 0.155. The van der Waals surface area contributed by atoms with E-state index >= 15 is 0 Å². The molecule has 5 rings (SSSR count). The molecule has 0 aromatic carbocycles. The third kappa shape index (κ3) is 3.42. The van der Waals surface area contributed by atoms with Crippen molar-refractivity contribution in [3.63, 3.8) is 0 Å². The van der Waals surface area contributed by atoms with Crippen molar-refractivity contribution in [2.24, 2.45) is 0 Å². The number of hydrogen-bond acceptors (Lipinski definition) is 4. The predicted molar refractivity (Wildman–Crippen MR) is 104 cm³/mol. The number of aromatic nitrogens is 4. The molecule has 1 saturated heterocycles. The fraction of sp³-hybridized carbons (Fsp3) is 0.368. The molecule has 1 aliphatic carbocycles. The summed E-state index contributed by atoms with van der Waals surface area (Å²) in [6.07, 6.45) is 1.53. The van der Waals surface area contributed by atoms with E-state index in [-0.39, 0.29) is 42.3 Å². The summed E-state index contributed by atoms with van der Waals surface area (Å²) in [5.41, 5.74) is -0.565. The Bertz CT molecular complexity index is 1190. The van der Waals surface area contributed by atoms with Crippen molar-refractivity contribution in [1.29, 1.82) is 0 Å². The number of pyridine rings is 1. The molecule has 2 aliphatic rings. The van der Waals surface area contributed by atoms with Crippen molar-refractivity contribution >= 4 is 34.7 Å². The summed E-state index contributed by atoms with van der Waals surface area (Å²) in [5, 5.41) is 6.22. The van der Waals surface area contributed by atoms with Gasteiger partial charge in [-0.25, -0.2) is 4.98 Å². The molecule has 2 fully saturated rings. The number of piperazine rings is 1. The highest BCUT2D eigenvalue weighted by molar-refractivity contribution is 6.33. The van der Waals surface area contributed by atoms with Gasteiger partial charge in [0, 0.05) is 25.5 Å². The molecule has 0 bridgehead atoms. The Labute approximate surface area is 178 Å². The largest absolute Gasteiger partial charge is 0.419 e. The minimum absolute atomic E-state index is 0.0525. The third-order valence-corrected chi connectivity index (χ3v) is 5.90. The molecule has 162 valence electrons. The van der Waals surface area contributed by atoms with Crippen LogP contribution in [0.1, 0.15) is 40.4 Å². The van der Waals surface area contributed by atoms with Gasteiger partial charge in [0.05, 0.1) is 17.4 Å². The lowest BCUT2D eigenvalue weighted by atomic mass is 10.1. The number of H-pyrrole nitrogens is 1. The summed E-state index contributed by atoms with van der Waals surface area (Å²) < 4.78 is 42.1. The van der Waals surface area contributed by atoms with Crippen molar-refractivity contribution in [3.8, 4) is 0 Å². The minimum atomic E-state index is -4.65. The lowest BCUT2D eigenvalue weighted by Crippen LogP contribution is -2.52. The Balaban J connectivity index is 1.48. The van der Waals surface area contributed by atoms with Crippen LogP contribution in [0.25, 0.3) is 5.65 Å². The summed E-state index contributed by atoms with van der Waals surface area (Å²) in [7, 11) is 0. The summed E-state index contributed by atoms with van der Waals surface area (Å²) in [4.78, 5) is 32.2. The van der Waals surface area contributed by atoms with Gasteiger partial charge >= 0.3 is 6.18 Å². The number of fused-ring (bicyclic) bond motifs is 1. The van der Waals surface area contributed by atoms with Crippen LogP contribution in [0.15, 0.2) is 24.7 Å². The van der Waals surface area contributed by atoms with E-state index in [4.69, 9.17) is 11.6 Å². The van der Waals surface area contributed by atoms with Crippen LogP contribution >= 0.6 is 11.6 Å². The van der Waals surface area contributed by atoms with Gasteiger partial charge in [0.15, 0.2) is 11.3 Å². The molecule has 1 aliphatic heterocycles. The first-order valence-electron chi connectivity index (χ1n) is 9.61. The number of alkyl halides is 3. The lowest BCUT2D eigenvalue weighted by molar-refractivity contribution is -0.136. The fourth-order valence-corrected chi connectivity index (χ4v) is 4.04. The normalized spacial score (nSPS) is 17.6. The molecule has 0 spiro atoms. The van der Waals surface area contributed by atoms with E-state index < -0.39 is 23.3 Å². The van der Waals surface area contributed by atoms with Crippen molar-refractivity contribution in [2.75, 3.05) is 24.5 Å². The zero-order valence-electron chi connectivity index (χ0n) is 16.0. The molecule has 8 nitrogen and oxygen atoms in total. The quantitative estimate of drug-likeness (QED) is 0.661. The van der Waals surface area contributed by atoms with E-state index in [9.17, 15) is 22.8 Å². The SMILES string of the molecule is O=C(c1nc2c(C(F)(F)F)cc(C3CC3)cn2c1Cl)N1CCN(c2cn[nH]c2)C(=O)C1. The highest BCUT2D eigenvalue weighted by Gasteiger charge is 2.38. The van der Waals surface area contributed by atoms with Gasteiger partial charge in [-0.3, -0.25) is 19.1 Å². The van der Waals surface area contributed by atoms with Crippen LogP contribution < -0.4 is 4.90 Å². The number of amides is 2. The monoisotopic (exact) mass is 452 g/mol. The average molecular weight is 453 g/mol. The maximum Gasteiger partial charge on any atom is 0.419 e. The topological polar surface area (TPSA) is 86.6 Å². The first kappa shape index (κ1) is 19.9. The zero-order valence-corrected chi connectivity index (χ0v) is 16.7. The van der Waals surface area contributed by atoms with E-state index in [2.05, 4.69) is 15.2 Å². The third-order valence-electron chi connectivity index (χ3n) is 5.54. The molecule has 0 radical (unpaired) electrons. The molecule has 1 saturated carbocycles. The van der Waals surface area contributed by atoms with E-state index in [0.29, 0.717) is 11.3 Å². The molecule has 31 heavy (non-hydrogen) atoms. The second kappa shape index (κ2) is 6.98. The first-order chi connectivity index (χ1) is 14.7. The van der Waals surface area contributed by atoms with Crippen molar-refractivity contribution in [1.82, 2.24) is 24.5 Å². The molecule has 3 aromatic rings. The summed E-state index contributed by atoms with van der Waals surface area (Å²) in [6, 6.07) is 1.08. The Morgan fingerprint density at radius 2 is 2.03 bits per heavy atom. The van der Waals surface area contributed by atoms with Crippen LogP contribution in [0.5, 0.6) is 0 Å². The molecule has 3 aromatic heterocycles. The maximum absolute atomic E-state index is 13.7. The van der Waals surface area contributed by atoms with Crippen LogP contribution in [-0.4, -0.2) is 55.9 Å². The number of halogens is 4. The highest BCUT2D eigenvalue weighted by atomic mass is 35.5. The first-order valence-corrected chi connectivity index (χ1v) is 9.99. The van der Waals surface area contributed by atoms with Gasteiger partial charge in [0.2, 0.25) is 5.91 Å². The van der Waals surface area contributed by atoms with E-state index in [1.807, 2.05) is 0 Å². The van der Waals surface area contributed by atoms with Gasteiger partial charge in [-0.15, -0.1) is 0 Å². The number of aromatic amines is 1. The Morgan fingerprint density at radius 1 is 1.26 bits per heavy atom. The maximum atomic E-state index is 13.7. The molecular weight excluding hydrogens is 437 g/mol. The highest BCUT2D eigenvalue weighted by Crippen LogP contribution is 2.43. The van der Waals surface area contributed by atoms with Crippen LogP contribution in [0.3, 0.4) is 0 Å². The second-order valence-electron chi connectivity index (χ2n) is 7.63. The van der Waals surface area contributed by atoms with E-state index in [1.54, 1.807) is 6.20 Å². The number of carbonyl (C=O) groups excluding carboxylic acids is 2. The smallest absolute Gasteiger partial charge is 0.326 e. The van der Waals surface area contributed by atoms with Crippen LogP contribution in [0.4, 0.5) is 18.9 Å². The number of carbonyl (C=O) groups is 2. The number of hydrogen-bond donors (Lipinski definition) is 1. The van der Waals surface area contributed by atoms with Crippen LogP contribution in [0.2, 0.25) is 5.15 Å². The number of anilines is 1. The van der Waals surface area contributed by atoms with Gasteiger partial charge in [-0.1, -0.05) is 11.6 Å². The van der Waals surface area contributed by atoms with Gasteiger partial charge < -0.3 is 9.80 Å². The summed E-state index contributed by atoms with van der Waals surface area (Å²) >= 11 is 6.31. The van der Waals surface area contributed by atoms with Gasteiger partial charge in [-0.2, -0.15) is 18.3 Å². The van der Waals surface area contributed by atoms with E-state index in [0.717, 1.165) is 23.3 Å². The van der Waals surface area contributed by atoms with Crippen molar-refractivity contribution in [2.45, 2.75) is 24.9 Å². The van der Waals surface area contributed by atoms with Gasteiger partial charge in [0.25, 0.3) is 5.91 Å². The van der Waals surface area contributed by atoms with Crippen LogP contribution in [0, 0.1) is 0 Å². The Morgan fingerprint density at radius 3 is 2.65 bits per heavy atom. The summed E-state index contributed by atoms with van der Waals surface area (Å²) in [5.74, 6) is -0.973. The zero-order chi connectivity index (χ0) is 21.9. The lowest BCUT2D eigenvalue weighted by Gasteiger charge is -2.33. The molecule has 0 unspecified atom stereocenters. The fourth-order valence-electron chi connectivity index (χ4n) is 3.78. The van der Waals surface area contributed by atoms with Crippen molar-refractivity contribution in [3.05, 3.63) is 46.6 Å². The van der Waals surface area contributed by atoms with Gasteiger partial charge in [-0.05, 0) is 30.4 Å². The Kier molecular flexibility index (Phi) is 4.47. The molecular formula is C19H16ClF3N6O2. The molecule has 2 amide bonds. The molecule has 1 N–H and O–H groups in total. The number of imidazole rings is 1. The second-order valence-corrected chi connectivity index (χ2v) is 7.99. The minimum Gasteiger partial charge on any atom is -0.326 e. The molecule has 4 heterocycles. The van der Waals surface area contributed by atoms with E-state index in [1.165, 1.54) is 22.2 Å². The van der Waals surface area contributed by atoms with Gasteiger partial charge in [0.1, 0.15) is 11.7 Å². The molecule has 0 atom stereocenters. The standard InChI is InChI=1S/C19H16ClF3N6O2/c20-16-15(18(31)27-3-4-28(14(30)9-27)12-6-24-25-7-12)26-17-13(19(21,22)23)5-11(8-29(16)17)10-1-2-10/h5-8,10H,1-4,9H2,(H,24,25). The van der Waals surface area contributed by atoms with Crippen molar-refractivity contribution < 1.29 is 22.8 Å². The van der Waals surface area contributed by atoms with Crippen LogP contribution in [-0.2, 0) is 11.0 Å². The number of nitrogens with zero attached hydrogens (tertiary/aromatic N) is 5. The predicted octanol–water partition coefficient (Wildman–Crippen LogP) is 3.10. The Hall–Kier alpha value is -3.08. The number of nitrogens with one attached hydrogen (secondary N) is 1. The average Bonchev–Trinajstić information content (AvgIpc) is 3.33. The molecule has 12 heteroatoms. The number of rotatable bonds is 3.